The number of nitrogens with two attached hydrogens (primary N) is 1. The molecule has 1 aliphatic rings. The Morgan fingerprint density at radius 2 is 2.19 bits per heavy atom. The number of nitrogens with one attached hydrogen (secondary N) is 1. The maximum atomic E-state index is 9.88. The van der Waals surface area contributed by atoms with Crippen LogP contribution < -0.4 is 20.5 Å². The summed E-state index contributed by atoms with van der Waals surface area (Å²) in [5.74, 6) is 1.42. The van der Waals surface area contributed by atoms with Crippen LogP contribution in [0.15, 0.2) is 18.2 Å². The van der Waals surface area contributed by atoms with E-state index in [2.05, 4.69) is 5.32 Å². The van der Waals surface area contributed by atoms with Crippen molar-refractivity contribution in [1.82, 2.24) is 5.32 Å². The summed E-state index contributed by atoms with van der Waals surface area (Å²) in [6, 6.07) is 5.45. The molecule has 1 aromatic carbocycles. The highest BCUT2D eigenvalue weighted by Gasteiger charge is 2.16. The van der Waals surface area contributed by atoms with Gasteiger partial charge in [-0.15, -0.1) is 0 Å². The van der Waals surface area contributed by atoms with Crippen LogP contribution in [-0.4, -0.2) is 31.5 Å². The molecule has 0 aromatic heterocycles. The van der Waals surface area contributed by atoms with E-state index >= 15 is 0 Å². The zero-order chi connectivity index (χ0) is 11.4. The fourth-order valence-corrected chi connectivity index (χ4v) is 1.58. The molecule has 1 unspecified atom stereocenters. The van der Waals surface area contributed by atoms with Crippen molar-refractivity contribution in [3.05, 3.63) is 23.8 Å². The van der Waals surface area contributed by atoms with Crippen LogP contribution in [0.5, 0.6) is 11.5 Å². The van der Waals surface area contributed by atoms with Crippen molar-refractivity contribution in [2.24, 2.45) is 5.73 Å². The first-order valence-electron chi connectivity index (χ1n) is 5.29. The standard InChI is InChI=1S/C11H16N2O3/c12-3-4-13-6-9(14)8-1-2-10-11(5-8)16-7-15-10/h1-2,5,9,13-14H,3-4,6-7,12H2. The van der Waals surface area contributed by atoms with Gasteiger partial charge in [-0.25, -0.2) is 0 Å². The number of hydrogen-bond acceptors (Lipinski definition) is 5. The molecule has 4 N–H and O–H groups in total. The van der Waals surface area contributed by atoms with Gasteiger partial charge in [-0.1, -0.05) is 6.07 Å². The van der Waals surface area contributed by atoms with Crippen LogP contribution in [0.1, 0.15) is 11.7 Å². The molecule has 16 heavy (non-hydrogen) atoms. The Morgan fingerprint density at radius 3 is 3.00 bits per heavy atom. The largest absolute Gasteiger partial charge is 0.454 e. The SMILES string of the molecule is NCCNCC(O)c1ccc2c(c1)OCO2. The number of fused-ring (bicyclic) bond motifs is 1. The van der Waals surface area contributed by atoms with E-state index in [1.807, 2.05) is 12.1 Å². The lowest BCUT2D eigenvalue weighted by molar-refractivity contribution is 0.170. The molecule has 88 valence electrons. The van der Waals surface area contributed by atoms with Crippen LogP contribution in [0.4, 0.5) is 0 Å². The first kappa shape index (κ1) is 11.2. The molecule has 0 radical (unpaired) electrons. The van der Waals surface area contributed by atoms with E-state index in [4.69, 9.17) is 15.2 Å². The number of aliphatic hydroxyl groups is 1. The lowest BCUT2D eigenvalue weighted by atomic mass is 10.1. The summed E-state index contributed by atoms with van der Waals surface area (Å²) < 4.78 is 10.4. The topological polar surface area (TPSA) is 76.7 Å². The van der Waals surface area contributed by atoms with Crippen molar-refractivity contribution in [3.8, 4) is 11.5 Å². The van der Waals surface area contributed by atoms with Crippen LogP contribution in [0, 0.1) is 0 Å². The summed E-state index contributed by atoms with van der Waals surface area (Å²) >= 11 is 0. The molecule has 1 atom stereocenters. The van der Waals surface area contributed by atoms with Gasteiger partial charge in [-0.2, -0.15) is 0 Å². The van der Waals surface area contributed by atoms with Gasteiger partial charge in [0.1, 0.15) is 0 Å². The molecular weight excluding hydrogens is 208 g/mol. The average Bonchev–Trinajstić information content (AvgIpc) is 2.76. The summed E-state index contributed by atoms with van der Waals surface area (Å²) in [5, 5.41) is 12.9. The van der Waals surface area contributed by atoms with Crippen molar-refractivity contribution in [2.45, 2.75) is 6.10 Å². The second kappa shape index (κ2) is 5.16. The molecule has 1 aliphatic heterocycles. The van der Waals surface area contributed by atoms with E-state index in [1.54, 1.807) is 6.07 Å². The second-order valence-corrected chi connectivity index (χ2v) is 3.62. The Balaban J connectivity index is 1.98. The quantitative estimate of drug-likeness (QED) is 0.614. The zero-order valence-corrected chi connectivity index (χ0v) is 8.98. The summed E-state index contributed by atoms with van der Waals surface area (Å²) in [6.45, 7) is 1.99. The van der Waals surface area contributed by atoms with Gasteiger partial charge >= 0.3 is 0 Å². The number of aliphatic hydroxyl groups excluding tert-OH is 1. The second-order valence-electron chi connectivity index (χ2n) is 3.62. The normalized spacial score (nSPS) is 15.1. The smallest absolute Gasteiger partial charge is 0.231 e. The Hall–Kier alpha value is -1.30. The highest BCUT2D eigenvalue weighted by atomic mass is 16.7. The molecule has 0 fully saturated rings. The minimum absolute atomic E-state index is 0.250. The van der Waals surface area contributed by atoms with E-state index in [0.717, 1.165) is 11.3 Å². The van der Waals surface area contributed by atoms with Crippen molar-refractivity contribution >= 4 is 0 Å². The van der Waals surface area contributed by atoms with Crippen molar-refractivity contribution in [3.63, 3.8) is 0 Å². The number of ether oxygens (including phenoxy) is 2. The lowest BCUT2D eigenvalue weighted by Gasteiger charge is -2.12. The number of benzene rings is 1. The molecule has 0 amide bonds. The van der Waals surface area contributed by atoms with Gasteiger partial charge in [0.25, 0.3) is 0 Å². The predicted molar refractivity (Wildman–Crippen MR) is 59.4 cm³/mol. The predicted octanol–water partition coefficient (Wildman–Crippen LogP) is -0.00300. The van der Waals surface area contributed by atoms with Crippen LogP contribution in [0.25, 0.3) is 0 Å². The summed E-state index contributed by atoms with van der Waals surface area (Å²) in [7, 11) is 0. The van der Waals surface area contributed by atoms with Gasteiger partial charge in [0.15, 0.2) is 11.5 Å². The van der Waals surface area contributed by atoms with Crippen LogP contribution in [0.3, 0.4) is 0 Å². The van der Waals surface area contributed by atoms with Crippen molar-refractivity contribution < 1.29 is 14.6 Å². The Labute approximate surface area is 94.2 Å². The third-order valence-electron chi connectivity index (χ3n) is 2.44. The van der Waals surface area contributed by atoms with Gasteiger partial charge < -0.3 is 25.6 Å². The monoisotopic (exact) mass is 224 g/mol. The molecule has 5 nitrogen and oxygen atoms in total. The third-order valence-corrected chi connectivity index (χ3v) is 2.44. The molecular formula is C11H16N2O3. The minimum atomic E-state index is -0.555. The number of rotatable bonds is 5. The summed E-state index contributed by atoms with van der Waals surface area (Å²) in [6.07, 6.45) is -0.555. The Kier molecular flexibility index (Phi) is 3.61. The first-order chi connectivity index (χ1) is 7.81. The van der Waals surface area contributed by atoms with Crippen LogP contribution >= 0.6 is 0 Å². The molecule has 5 heteroatoms. The summed E-state index contributed by atoms with van der Waals surface area (Å²) in [4.78, 5) is 0. The van der Waals surface area contributed by atoms with E-state index in [9.17, 15) is 5.11 Å². The molecule has 0 bridgehead atoms. The van der Waals surface area contributed by atoms with Gasteiger partial charge in [0, 0.05) is 19.6 Å². The molecule has 0 saturated heterocycles. The molecule has 0 saturated carbocycles. The fraction of sp³-hybridized carbons (Fsp3) is 0.455. The van der Waals surface area contributed by atoms with Crippen molar-refractivity contribution in [1.29, 1.82) is 0 Å². The number of hydrogen-bond donors (Lipinski definition) is 3. The third kappa shape index (κ3) is 2.44. The van der Waals surface area contributed by atoms with Gasteiger partial charge in [0.05, 0.1) is 6.10 Å². The maximum absolute atomic E-state index is 9.88. The van der Waals surface area contributed by atoms with Gasteiger partial charge in [0.2, 0.25) is 6.79 Å². The van der Waals surface area contributed by atoms with E-state index in [1.165, 1.54) is 0 Å². The Morgan fingerprint density at radius 1 is 1.38 bits per heavy atom. The average molecular weight is 224 g/mol. The van der Waals surface area contributed by atoms with Gasteiger partial charge in [-0.3, -0.25) is 0 Å². The molecule has 1 heterocycles. The molecule has 0 aliphatic carbocycles. The van der Waals surface area contributed by atoms with E-state index in [-0.39, 0.29) is 6.79 Å². The van der Waals surface area contributed by atoms with Crippen molar-refractivity contribution in [2.75, 3.05) is 26.4 Å². The van der Waals surface area contributed by atoms with E-state index in [0.29, 0.717) is 25.4 Å². The van der Waals surface area contributed by atoms with Gasteiger partial charge in [-0.05, 0) is 17.7 Å². The Bertz CT molecular complexity index is 357. The van der Waals surface area contributed by atoms with E-state index < -0.39 is 6.10 Å². The lowest BCUT2D eigenvalue weighted by Crippen LogP contribution is -2.27. The molecule has 1 aromatic rings. The molecule has 0 spiro atoms. The highest BCUT2D eigenvalue weighted by molar-refractivity contribution is 5.45. The van der Waals surface area contributed by atoms with Crippen LogP contribution in [0.2, 0.25) is 0 Å². The zero-order valence-electron chi connectivity index (χ0n) is 8.98. The molecule has 2 rings (SSSR count). The summed E-state index contributed by atoms with van der Waals surface area (Å²) in [5.41, 5.74) is 6.16. The maximum Gasteiger partial charge on any atom is 0.231 e. The minimum Gasteiger partial charge on any atom is -0.454 e. The highest BCUT2D eigenvalue weighted by Crippen LogP contribution is 2.33. The fourth-order valence-electron chi connectivity index (χ4n) is 1.58. The van der Waals surface area contributed by atoms with Crippen LogP contribution in [-0.2, 0) is 0 Å². The first-order valence-corrected chi connectivity index (χ1v) is 5.29.